The molecule has 2 aromatic rings. The maximum absolute atomic E-state index is 11.9. The number of benzene rings is 1. The van der Waals surface area contributed by atoms with Crippen LogP contribution in [-0.4, -0.2) is 14.6 Å². The Morgan fingerprint density at radius 1 is 1.41 bits per heavy atom. The van der Waals surface area contributed by atoms with Gasteiger partial charge in [-0.1, -0.05) is 0 Å². The van der Waals surface area contributed by atoms with Crippen molar-refractivity contribution in [2.45, 2.75) is 6.61 Å². The van der Waals surface area contributed by atoms with Gasteiger partial charge >= 0.3 is 0 Å². The van der Waals surface area contributed by atoms with Crippen LogP contribution in [-0.2, 0) is 13.7 Å². The number of nitro benzene ring substituents is 1. The molecule has 0 aliphatic heterocycles. The van der Waals surface area contributed by atoms with Gasteiger partial charge in [-0.25, -0.2) is 0 Å². The van der Waals surface area contributed by atoms with Crippen molar-refractivity contribution in [3.05, 3.63) is 50.4 Å². The average molecular weight is 234 g/mol. The van der Waals surface area contributed by atoms with E-state index in [-0.39, 0.29) is 23.2 Å². The molecule has 0 amide bonds. The zero-order valence-corrected chi connectivity index (χ0v) is 9.08. The van der Waals surface area contributed by atoms with Crippen molar-refractivity contribution in [3.63, 3.8) is 0 Å². The second kappa shape index (κ2) is 3.99. The molecule has 6 heteroatoms. The summed E-state index contributed by atoms with van der Waals surface area (Å²) >= 11 is 0. The van der Waals surface area contributed by atoms with Crippen LogP contribution in [0.25, 0.3) is 10.8 Å². The second-order valence-corrected chi connectivity index (χ2v) is 3.69. The van der Waals surface area contributed by atoms with Crippen LogP contribution in [0.5, 0.6) is 0 Å². The molecule has 0 saturated carbocycles. The molecule has 1 aromatic heterocycles. The van der Waals surface area contributed by atoms with Crippen LogP contribution in [0.3, 0.4) is 0 Å². The number of hydrogen-bond acceptors (Lipinski definition) is 4. The van der Waals surface area contributed by atoms with Crippen molar-refractivity contribution in [1.82, 2.24) is 4.57 Å². The zero-order valence-electron chi connectivity index (χ0n) is 9.08. The van der Waals surface area contributed by atoms with E-state index in [1.165, 1.54) is 29.8 Å². The van der Waals surface area contributed by atoms with Gasteiger partial charge in [0.15, 0.2) is 0 Å². The molecule has 6 nitrogen and oxygen atoms in total. The van der Waals surface area contributed by atoms with Crippen molar-refractivity contribution >= 4 is 16.5 Å². The van der Waals surface area contributed by atoms with Crippen LogP contribution < -0.4 is 5.56 Å². The van der Waals surface area contributed by atoms with E-state index in [0.717, 1.165) is 0 Å². The van der Waals surface area contributed by atoms with Crippen molar-refractivity contribution in [3.8, 4) is 0 Å². The predicted molar refractivity (Wildman–Crippen MR) is 61.8 cm³/mol. The molecule has 0 unspecified atom stereocenters. The summed E-state index contributed by atoms with van der Waals surface area (Å²) in [6.45, 7) is -0.251. The minimum absolute atomic E-state index is 0.119. The van der Waals surface area contributed by atoms with Crippen molar-refractivity contribution < 1.29 is 10.0 Å². The minimum atomic E-state index is -0.543. The van der Waals surface area contributed by atoms with E-state index in [1.54, 1.807) is 6.07 Å². The topological polar surface area (TPSA) is 85.4 Å². The van der Waals surface area contributed by atoms with Crippen molar-refractivity contribution in [2.24, 2.45) is 7.05 Å². The number of hydrogen-bond donors (Lipinski definition) is 1. The van der Waals surface area contributed by atoms with Crippen LogP contribution >= 0.6 is 0 Å². The number of aliphatic hydroxyl groups is 1. The maximum Gasteiger partial charge on any atom is 0.270 e. The van der Waals surface area contributed by atoms with E-state index in [4.69, 9.17) is 5.11 Å². The van der Waals surface area contributed by atoms with Gasteiger partial charge < -0.3 is 9.67 Å². The summed E-state index contributed by atoms with van der Waals surface area (Å²) in [6, 6.07) is 5.73. The van der Waals surface area contributed by atoms with Crippen LogP contribution in [0.1, 0.15) is 5.69 Å². The van der Waals surface area contributed by atoms with E-state index in [9.17, 15) is 14.9 Å². The highest BCUT2D eigenvalue weighted by Crippen LogP contribution is 2.18. The molecule has 0 atom stereocenters. The Labute approximate surface area is 95.9 Å². The fourth-order valence-corrected chi connectivity index (χ4v) is 1.71. The minimum Gasteiger partial charge on any atom is -0.390 e. The van der Waals surface area contributed by atoms with Gasteiger partial charge in [-0.05, 0) is 17.5 Å². The summed E-state index contributed by atoms with van der Waals surface area (Å²) in [5, 5.41) is 20.6. The van der Waals surface area contributed by atoms with Crippen LogP contribution in [0.15, 0.2) is 29.1 Å². The number of pyridine rings is 1. The summed E-state index contributed by atoms with van der Waals surface area (Å²) < 4.78 is 1.28. The Morgan fingerprint density at radius 2 is 2.12 bits per heavy atom. The average Bonchev–Trinajstić information content (AvgIpc) is 2.33. The Hall–Kier alpha value is -2.21. The highest BCUT2D eigenvalue weighted by atomic mass is 16.6. The van der Waals surface area contributed by atoms with E-state index < -0.39 is 4.92 Å². The van der Waals surface area contributed by atoms with Crippen molar-refractivity contribution in [1.29, 1.82) is 0 Å². The molecule has 0 aliphatic rings. The summed E-state index contributed by atoms with van der Waals surface area (Å²) in [6.07, 6.45) is 0. The van der Waals surface area contributed by atoms with Gasteiger partial charge in [0.25, 0.3) is 11.2 Å². The molecule has 17 heavy (non-hydrogen) atoms. The quantitative estimate of drug-likeness (QED) is 0.619. The number of aromatic nitrogens is 1. The first-order chi connectivity index (χ1) is 8.04. The zero-order chi connectivity index (χ0) is 12.6. The first-order valence-corrected chi connectivity index (χ1v) is 4.92. The van der Waals surface area contributed by atoms with Gasteiger partial charge in [0.05, 0.1) is 16.9 Å². The molecule has 2 rings (SSSR count). The number of aliphatic hydroxyl groups excluding tert-OH is 1. The van der Waals surface area contributed by atoms with Crippen LogP contribution in [0.2, 0.25) is 0 Å². The largest absolute Gasteiger partial charge is 0.390 e. The van der Waals surface area contributed by atoms with E-state index in [0.29, 0.717) is 11.1 Å². The molecule has 1 heterocycles. The summed E-state index contributed by atoms with van der Waals surface area (Å²) in [7, 11) is 1.52. The first-order valence-electron chi connectivity index (χ1n) is 4.92. The lowest BCUT2D eigenvalue weighted by atomic mass is 10.1. The first kappa shape index (κ1) is 11.3. The lowest BCUT2D eigenvalue weighted by molar-refractivity contribution is -0.384. The monoisotopic (exact) mass is 234 g/mol. The Balaban J connectivity index is 2.83. The normalized spacial score (nSPS) is 10.7. The molecule has 0 aliphatic carbocycles. The molecular formula is C11H10N2O4. The van der Waals surface area contributed by atoms with Gasteiger partial charge in [-0.15, -0.1) is 0 Å². The Kier molecular flexibility index (Phi) is 2.64. The highest BCUT2D eigenvalue weighted by Gasteiger charge is 2.11. The maximum atomic E-state index is 11.9. The number of nitrogens with zero attached hydrogens (tertiary/aromatic N) is 2. The van der Waals surface area contributed by atoms with Crippen molar-refractivity contribution in [2.75, 3.05) is 0 Å². The fraction of sp³-hybridized carbons (Fsp3) is 0.182. The third kappa shape index (κ3) is 1.78. The molecule has 0 radical (unpaired) electrons. The van der Waals surface area contributed by atoms with Gasteiger partial charge in [-0.2, -0.15) is 0 Å². The summed E-state index contributed by atoms with van der Waals surface area (Å²) in [5.74, 6) is 0. The summed E-state index contributed by atoms with van der Waals surface area (Å²) in [5.41, 5.74) is -0.00190. The van der Waals surface area contributed by atoms with Gasteiger partial charge in [0.1, 0.15) is 0 Å². The number of rotatable bonds is 2. The lowest BCUT2D eigenvalue weighted by Crippen LogP contribution is -2.20. The Bertz CT molecular complexity index is 660. The lowest BCUT2D eigenvalue weighted by Gasteiger charge is -2.07. The van der Waals surface area contributed by atoms with E-state index in [1.807, 2.05) is 0 Å². The number of fused-ring (bicyclic) bond motifs is 1. The molecule has 0 spiro atoms. The third-order valence-corrected chi connectivity index (χ3v) is 2.70. The molecule has 1 aromatic carbocycles. The van der Waals surface area contributed by atoms with Gasteiger partial charge in [0.2, 0.25) is 0 Å². The van der Waals surface area contributed by atoms with E-state index >= 15 is 0 Å². The molecule has 0 saturated heterocycles. The Morgan fingerprint density at radius 3 is 2.71 bits per heavy atom. The second-order valence-electron chi connectivity index (χ2n) is 3.69. The van der Waals surface area contributed by atoms with E-state index in [2.05, 4.69) is 0 Å². The smallest absolute Gasteiger partial charge is 0.270 e. The standard InChI is InChI=1S/C11H10N2O4/c1-12-9(6-14)4-7-2-3-8(13(16)17)5-10(7)11(12)15/h2-5,14H,6H2,1H3. The van der Waals surface area contributed by atoms with Gasteiger partial charge in [0, 0.05) is 24.9 Å². The number of non-ortho nitro benzene ring substituents is 1. The third-order valence-electron chi connectivity index (χ3n) is 2.70. The summed E-state index contributed by atoms with van der Waals surface area (Å²) in [4.78, 5) is 22.0. The number of nitro groups is 1. The van der Waals surface area contributed by atoms with Crippen LogP contribution in [0.4, 0.5) is 5.69 Å². The SMILES string of the molecule is Cn1c(CO)cc2ccc([N+](=O)[O-])cc2c1=O. The van der Waals surface area contributed by atoms with Gasteiger partial charge in [-0.3, -0.25) is 14.9 Å². The molecule has 0 bridgehead atoms. The molecular weight excluding hydrogens is 224 g/mol. The molecule has 88 valence electrons. The molecule has 0 fully saturated rings. The highest BCUT2D eigenvalue weighted by molar-refractivity contribution is 5.84. The predicted octanol–water partition coefficient (Wildman–Crippen LogP) is 0.939. The molecule has 1 N–H and O–H groups in total. The van der Waals surface area contributed by atoms with Crippen LogP contribution in [0, 0.1) is 10.1 Å². The fourth-order valence-electron chi connectivity index (χ4n) is 1.71.